The summed E-state index contributed by atoms with van der Waals surface area (Å²) < 4.78 is 0. The standard InChI is InChI=1S/C38H57N7/c1-9-28-21-29(26(3)43-38(23-36(5,6)7)24-37(25-38)17-19-39-20-18-37)15-16-31(28)41-35-40-22-33-34(42-35)45(30-13-11-12-14-30)32(10-2)27(4)44(33)8/h15-16,21-22,30,32,39,43H,3-4,9-14,17-20,23-25H2,1-2,5-8H3,(H,40,41,42). The van der Waals surface area contributed by atoms with Crippen molar-refractivity contribution in [2.75, 3.05) is 35.3 Å². The second-order valence-corrected chi connectivity index (χ2v) is 15.8. The van der Waals surface area contributed by atoms with Gasteiger partial charge < -0.3 is 25.8 Å². The number of nitrogens with one attached hydrogen (secondary N) is 3. The summed E-state index contributed by atoms with van der Waals surface area (Å²) in [5, 5.41) is 11.2. The van der Waals surface area contributed by atoms with Crippen LogP contribution in [0.3, 0.4) is 0 Å². The van der Waals surface area contributed by atoms with Crippen molar-refractivity contribution in [1.29, 1.82) is 0 Å². The van der Waals surface area contributed by atoms with Crippen molar-refractivity contribution in [2.45, 2.75) is 123 Å². The van der Waals surface area contributed by atoms with Gasteiger partial charge in [-0.2, -0.15) is 4.98 Å². The second kappa shape index (κ2) is 12.3. The third-order valence-electron chi connectivity index (χ3n) is 11.1. The molecule has 1 saturated heterocycles. The normalized spacial score (nSPS) is 22.7. The maximum atomic E-state index is 5.18. The number of aromatic nitrogens is 2. The second-order valence-electron chi connectivity index (χ2n) is 15.8. The summed E-state index contributed by atoms with van der Waals surface area (Å²) in [5.41, 5.74) is 7.56. The fraction of sp³-hybridized carbons (Fsp3) is 0.632. The first kappa shape index (κ1) is 31.9. The minimum Gasteiger partial charge on any atom is -0.380 e. The molecule has 1 spiro atoms. The summed E-state index contributed by atoms with van der Waals surface area (Å²) in [6, 6.07) is 7.46. The molecule has 2 saturated carbocycles. The Labute approximate surface area is 272 Å². The van der Waals surface area contributed by atoms with E-state index >= 15 is 0 Å². The van der Waals surface area contributed by atoms with Crippen molar-refractivity contribution in [3.05, 3.63) is 54.4 Å². The van der Waals surface area contributed by atoms with E-state index in [0.717, 1.165) is 60.9 Å². The molecule has 1 atom stereocenters. The molecule has 3 heterocycles. The molecule has 2 aliphatic heterocycles. The van der Waals surface area contributed by atoms with Crippen LogP contribution in [0.1, 0.15) is 110 Å². The van der Waals surface area contributed by atoms with Gasteiger partial charge in [0.25, 0.3) is 0 Å². The molecular formula is C38H57N7. The number of benzene rings is 1. The van der Waals surface area contributed by atoms with Gasteiger partial charge in [-0.1, -0.05) is 66.7 Å². The monoisotopic (exact) mass is 611 g/mol. The Morgan fingerprint density at radius 1 is 1.11 bits per heavy atom. The Hall–Kier alpha value is -3.06. The predicted octanol–water partition coefficient (Wildman–Crippen LogP) is 8.17. The smallest absolute Gasteiger partial charge is 0.229 e. The maximum Gasteiger partial charge on any atom is 0.229 e. The molecule has 3 N–H and O–H groups in total. The molecule has 244 valence electrons. The molecule has 1 unspecified atom stereocenters. The number of anilines is 4. The van der Waals surface area contributed by atoms with E-state index in [9.17, 15) is 0 Å². The minimum absolute atomic E-state index is 0.118. The highest BCUT2D eigenvalue weighted by Gasteiger charge is 2.55. The molecule has 2 aromatic rings. The lowest BCUT2D eigenvalue weighted by molar-refractivity contribution is -0.0352. The fourth-order valence-electron chi connectivity index (χ4n) is 9.26. The zero-order valence-corrected chi connectivity index (χ0v) is 28.9. The van der Waals surface area contributed by atoms with E-state index in [0.29, 0.717) is 17.4 Å². The Balaban J connectivity index is 1.22. The fourth-order valence-corrected chi connectivity index (χ4v) is 9.26. The molecule has 1 aromatic heterocycles. The molecule has 3 fully saturated rings. The van der Waals surface area contributed by atoms with Crippen LogP contribution in [0, 0.1) is 10.8 Å². The van der Waals surface area contributed by atoms with Crippen LogP contribution in [-0.2, 0) is 6.42 Å². The van der Waals surface area contributed by atoms with Gasteiger partial charge in [-0.05, 0) is 105 Å². The van der Waals surface area contributed by atoms with Gasteiger partial charge in [0.2, 0.25) is 5.95 Å². The van der Waals surface area contributed by atoms with E-state index in [-0.39, 0.29) is 17.0 Å². The van der Waals surface area contributed by atoms with Crippen molar-refractivity contribution < 1.29 is 0 Å². The molecular weight excluding hydrogens is 554 g/mol. The first-order valence-corrected chi connectivity index (χ1v) is 17.6. The van der Waals surface area contributed by atoms with Gasteiger partial charge >= 0.3 is 0 Å². The number of aryl methyl sites for hydroxylation is 1. The molecule has 0 radical (unpaired) electrons. The first-order chi connectivity index (χ1) is 21.5. The molecule has 4 aliphatic rings. The minimum atomic E-state index is 0.118. The summed E-state index contributed by atoms with van der Waals surface area (Å²) >= 11 is 0. The van der Waals surface area contributed by atoms with E-state index < -0.39 is 0 Å². The van der Waals surface area contributed by atoms with Gasteiger partial charge in [-0.3, -0.25) is 0 Å². The van der Waals surface area contributed by atoms with Crippen LogP contribution < -0.4 is 25.8 Å². The quantitative estimate of drug-likeness (QED) is 0.264. The van der Waals surface area contributed by atoms with Crippen LogP contribution in [0.4, 0.5) is 23.1 Å². The van der Waals surface area contributed by atoms with E-state index in [4.69, 9.17) is 9.97 Å². The molecule has 7 nitrogen and oxygen atoms in total. The summed E-state index contributed by atoms with van der Waals surface area (Å²) in [6.45, 7) is 22.9. The molecule has 1 aromatic carbocycles. The van der Waals surface area contributed by atoms with Gasteiger partial charge in [0.15, 0.2) is 5.82 Å². The number of piperidine rings is 1. The molecule has 45 heavy (non-hydrogen) atoms. The molecule has 0 amide bonds. The van der Waals surface area contributed by atoms with Crippen LogP contribution in [0.25, 0.3) is 5.70 Å². The number of fused-ring (bicyclic) bond motifs is 1. The highest BCUT2D eigenvalue weighted by molar-refractivity contribution is 5.76. The van der Waals surface area contributed by atoms with Crippen LogP contribution in [0.15, 0.2) is 43.3 Å². The molecule has 2 aliphatic carbocycles. The van der Waals surface area contributed by atoms with E-state index in [2.05, 4.69) is 98.8 Å². The van der Waals surface area contributed by atoms with Crippen molar-refractivity contribution in [3.63, 3.8) is 0 Å². The Morgan fingerprint density at radius 2 is 1.82 bits per heavy atom. The topological polar surface area (TPSA) is 68.3 Å². The zero-order chi connectivity index (χ0) is 32.0. The van der Waals surface area contributed by atoms with Crippen LogP contribution in [0.2, 0.25) is 0 Å². The van der Waals surface area contributed by atoms with Gasteiger partial charge in [-0.25, -0.2) is 4.98 Å². The van der Waals surface area contributed by atoms with Crippen molar-refractivity contribution in [3.8, 4) is 0 Å². The average molecular weight is 612 g/mol. The van der Waals surface area contributed by atoms with Crippen molar-refractivity contribution >= 4 is 28.8 Å². The van der Waals surface area contributed by atoms with E-state index in [1.54, 1.807) is 0 Å². The molecule has 6 rings (SSSR count). The third kappa shape index (κ3) is 6.34. The Bertz CT molecular complexity index is 1400. The van der Waals surface area contributed by atoms with Gasteiger partial charge in [0.1, 0.15) is 5.69 Å². The number of hydrogen-bond donors (Lipinski definition) is 3. The number of hydrogen-bond acceptors (Lipinski definition) is 7. The number of likely N-dealkylation sites (N-methyl/N-ethyl adjacent to an activating group) is 1. The summed E-state index contributed by atoms with van der Waals surface area (Å²) in [4.78, 5) is 14.7. The Kier molecular flexibility index (Phi) is 8.70. The van der Waals surface area contributed by atoms with Gasteiger partial charge in [-0.15, -0.1) is 0 Å². The lowest BCUT2D eigenvalue weighted by Gasteiger charge is -2.60. The van der Waals surface area contributed by atoms with Crippen molar-refractivity contribution in [1.82, 2.24) is 20.6 Å². The largest absolute Gasteiger partial charge is 0.380 e. The van der Waals surface area contributed by atoms with Gasteiger partial charge in [0.05, 0.1) is 12.2 Å². The van der Waals surface area contributed by atoms with Crippen LogP contribution >= 0.6 is 0 Å². The number of nitrogens with zero attached hydrogens (tertiary/aromatic N) is 4. The SMILES string of the molecule is C=C(NC1(CC(C)(C)C)CC2(CCNCC2)C1)c1ccc(Nc2ncc3c(n2)N(C2CCCC2)C(CC)C(=C)N3C)c(CC)c1. The highest BCUT2D eigenvalue weighted by Crippen LogP contribution is 2.57. The lowest BCUT2D eigenvalue weighted by atomic mass is 9.51. The first-order valence-electron chi connectivity index (χ1n) is 17.6. The summed E-state index contributed by atoms with van der Waals surface area (Å²) in [6.07, 6.45) is 15.1. The van der Waals surface area contributed by atoms with Crippen LogP contribution in [-0.4, -0.2) is 47.7 Å². The summed E-state index contributed by atoms with van der Waals surface area (Å²) in [7, 11) is 2.10. The van der Waals surface area contributed by atoms with Crippen LogP contribution in [0.5, 0.6) is 0 Å². The van der Waals surface area contributed by atoms with E-state index in [1.807, 2.05) is 6.20 Å². The van der Waals surface area contributed by atoms with Crippen molar-refractivity contribution in [2.24, 2.45) is 10.8 Å². The molecule has 7 heteroatoms. The maximum absolute atomic E-state index is 5.18. The third-order valence-corrected chi connectivity index (χ3v) is 11.1. The van der Waals surface area contributed by atoms with E-state index in [1.165, 1.54) is 62.5 Å². The highest BCUT2D eigenvalue weighted by atomic mass is 15.4. The zero-order valence-electron chi connectivity index (χ0n) is 28.9. The average Bonchev–Trinajstić information content (AvgIpc) is 3.52. The molecule has 0 bridgehead atoms. The van der Waals surface area contributed by atoms with Gasteiger partial charge in [0, 0.05) is 35.7 Å². The Morgan fingerprint density at radius 3 is 2.47 bits per heavy atom. The number of rotatable bonds is 9. The predicted molar refractivity (Wildman–Crippen MR) is 190 cm³/mol. The summed E-state index contributed by atoms with van der Waals surface area (Å²) in [5.74, 6) is 1.68. The lowest BCUT2D eigenvalue weighted by Crippen LogP contribution is -2.63.